The molecule has 7 heteroatoms. The van der Waals surface area contributed by atoms with Gasteiger partial charge >= 0.3 is 5.97 Å². The molecule has 0 saturated carbocycles. The molecule has 0 aliphatic carbocycles. The summed E-state index contributed by atoms with van der Waals surface area (Å²) in [7, 11) is 1.33. The molecule has 2 N–H and O–H groups in total. The van der Waals surface area contributed by atoms with E-state index in [1.807, 2.05) is 0 Å². The third kappa shape index (κ3) is 2.95. The van der Waals surface area contributed by atoms with E-state index in [9.17, 15) is 4.79 Å². The van der Waals surface area contributed by atoms with Crippen molar-refractivity contribution in [2.45, 2.75) is 13.0 Å². The predicted molar refractivity (Wildman–Crippen MR) is 61.8 cm³/mol. The maximum absolute atomic E-state index is 11.3. The van der Waals surface area contributed by atoms with Gasteiger partial charge in [-0.2, -0.15) is 5.10 Å². The summed E-state index contributed by atoms with van der Waals surface area (Å²) in [5.74, 6) is 0.597. The topological polar surface area (TPSA) is 93.0 Å². The molecular weight excluding hydrogens is 236 g/mol. The first kappa shape index (κ1) is 12.3. The van der Waals surface area contributed by atoms with Gasteiger partial charge in [-0.05, 0) is 6.07 Å². The maximum Gasteiger partial charge on any atom is 0.374 e. The fourth-order valence-corrected chi connectivity index (χ4v) is 1.53. The highest BCUT2D eigenvalue weighted by atomic mass is 16.5. The molecule has 0 fully saturated rings. The minimum absolute atomic E-state index is 0.240. The third-order valence-electron chi connectivity index (χ3n) is 2.44. The zero-order chi connectivity index (χ0) is 12.8. The monoisotopic (exact) mass is 250 g/mol. The number of carbonyl (C=O) groups excluding carboxylic acids is 1. The van der Waals surface area contributed by atoms with Gasteiger partial charge in [0.05, 0.1) is 13.4 Å². The lowest BCUT2D eigenvalue weighted by molar-refractivity contribution is 0.0563. The van der Waals surface area contributed by atoms with Gasteiger partial charge in [-0.25, -0.2) is 9.78 Å². The number of nitrogens with one attached hydrogen (secondary N) is 2. The lowest BCUT2D eigenvalue weighted by atomic mass is 10.2. The third-order valence-corrected chi connectivity index (χ3v) is 2.44. The Morgan fingerprint density at radius 3 is 3.22 bits per heavy atom. The fraction of sp³-hybridized carbons (Fsp3) is 0.364. The second kappa shape index (κ2) is 5.97. The quantitative estimate of drug-likeness (QED) is 0.573. The van der Waals surface area contributed by atoms with E-state index in [1.165, 1.54) is 19.7 Å². The van der Waals surface area contributed by atoms with Crippen LogP contribution in [-0.2, 0) is 17.7 Å². The molecule has 96 valence electrons. The second-order valence-corrected chi connectivity index (χ2v) is 3.63. The van der Waals surface area contributed by atoms with E-state index in [1.54, 1.807) is 6.07 Å². The zero-order valence-electron chi connectivity index (χ0n) is 9.97. The summed E-state index contributed by atoms with van der Waals surface area (Å²) in [6.45, 7) is 1.26. The summed E-state index contributed by atoms with van der Waals surface area (Å²) < 4.78 is 9.69. The number of nitrogens with zero attached hydrogens (tertiary/aromatic N) is 2. The van der Waals surface area contributed by atoms with Crippen LogP contribution in [0.15, 0.2) is 23.1 Å². The van der Waals surface area contributed by atoms with E-state index < -0.39 is 5.97 Å². The molecule has 0 aromatic carbocycles. The Labute approximate surface area is 104 Å². The number of H-pyrrole nitrogens is 1. The molecule has 2 rings (SSSR count). The number of carbonyl (C=O) groups is 1. The highest BCUT2D eigenvalue weighted by Crippen LogP contribution is 2.11. The lowest BCUT2D eigenvalue weighted by Gasteiger charge is -2.03. The largest absolute Gasteiger partial charge is 0.463 e. The minimum atomic E-state index is -0.466. The van der Waals surface area contributed by atoms with Crippen molar-refractivity contribution in [2.75, 3.05) is 13.7 Å². The highest BCUT2D eigenvalue weighted by molar-refractivity contribution is 5.87. The Bertz CT molecular complexity index is 492. The van der Waals surface area contributed by atoms with Gasteiger partial charge < -0.3 is 14.5 Å². The standard InChI is InChI=1S/C11H14N4O3/c1-17-11(16)10-8(3-5-18-10)6-12-4-2-9-13-7-14-15-9/h3,5,7,12H,2,4,6H2,1H3,(H,13,14,15). The molecule has 0 atom stereocenters. The normalized spacial score (nSPS) is 10.5. The number of aromatic nitrogens is 3. The SMILES string of the molecule is COC(=O)c1occc1CNCCc1ncn[nH]1. The molecule has 0 amide bonds. The van der Waals surface area contributed by atoms with Gasteiger partial charge in [-0.1, -0.05) is 0 Å². The van der Waals surface area contributed by atoms with Crippen molar-refractivity contribution in [2.24, 2.45) is 0 Å². The maximum atomic E-state index is 11.3. The van der Waals surface area contributed by atoms with Crippen molar-refractivity contribution < 1.29 is 13.9 Å². The molecule has 0 spiro atoms. The van der Waals surface area contributed by atoms with E-state index in [0.717, 1.165) is 24.4 Å². The van der Waals surface area contributed by atoms with E-state index >= 15 is 0 Å². The van der Waals surface area contributed by atoms with E-state index in [0.29, 0.717) is 6.54 Å². The van der Waals surface area contributed by atoms with E-state index in [4.69, 9.17) is 4.42 Å². The molecule has 0 radical (unpaired) electrons. The van der Waals surface area contributed by atoms with Crippen molar-refractivity contribution in [3.8, 4) is 0 Å². The van der Waals surface area contributed by atoms with Crippen LogP contribution in [0.1, 0.15) is 21.9 Å². The second-order valence-electron chi connectivity index (χ2n) is 3.63. The molecule has 0 bridgehead atoms. The average Bonchev–Trinajstić information content (AvgIpc) is 3.04. The van der Waals surface area contributed by atoms with Crippen LogP contribution in [0.5, 0.6) is 0 Å². The van der Waals surface area contributed by atoms with Gasteiger partial charge in [0, 0.05) is 25.1 Å². The number of hydrogen-bond donors (Lipinski definition) is 2. The molecular formula is C11H14N4O3. The summed E-state index contributed by atoms with van der Waals surface area (Å²) in [4.78, 5) is 15.4. The van der Waals surface area contributed by atoms with Crippen LogP contribution in [0.3, 0.4) is 0 Å². The van der Waals surface area contributed by atoms with Gasteiger partial charge in [-0.15, -0.1) is 0 Å². The van der Waals surface area contributed by atoms with Crippen molar-refractivity contribution in [1.82, 2.24) is 20.5 Å². The minimum Gasteiger partial charge on any atom is -0.463 e. The van der Waals surface area contributed by atoms with Gasteiger partial charge in [0.25, 0.3) is 0 Å². The summed E-state index contributed by atoms with van der Waals surface area (Å²) in [5.41, 5.74) is 0.777. The molecule has 0 aliphatic heterocycles. The van der Waals surface area contributed by atoms with Crippen molar-refractivity contribution in [3.05, 3.63) is 35.8 Å². The first-order chi connectivity index (χ1) is 8.81. The summed E-state index contributed by atoms with van der Waals surface area (Å²) in [6, 6.07) is 1.74. The van der Waals surface area contributed by atoms with Crippen molar-refractivity contribution >= 4 is 5.97 Å². The first-order valence-corrected chi connectivity index (χ1v) is 5.51. The van der Waals surface area contributed by atoms with Crippen LogP contribution in [0, 0.1) is 0 Å². The Balaban J connectivity index is 1.80. The predicted octanol–water partition coefficient (Wildman–Crippen LogP) is 0.517. The molecule has 2 aromatic rings. The zero-order valence-corrected chi connectivity index (χ0v) is 9.97. The van der Waals surface area contributed by atoms with Crippen molar-refractivity contribution in [3.63, 3.8) is 0 Å². The molecule has 2 aromatic heterocycles. The van der Waals surface area contributed by atoms with Crippen LogP contribution in [0.25, 0.3) is 0 Å². The Kier molecular flexibility index (Phi) is 4.08. The smallest absolute Gasteiger partial charge is 0.374 e. The summed E-state index contributed by atoms with van der Waals surface area (Å²) in [5, 5.41) is 9.72. The highest BCUT2D eigenvalue weighted by Gasteiger charge is 2.14. The van der Waals surface area contributed by atoms with Crippen LogP contribution >= 0.6 is 0 Å². The van der Waals surface area contributed by atoms with Gasteiger partial charge in [0.2, 0.25) is 5.76 Å². The molecule has 0 saturated heterocycles. The van der Waals surface area contributed by atoms with Crippen LogP contribution in [0.2, 0.25) is 0 Å². The van der Waals surface area contributed by atoms with E-state index in [-0.39, 0.29) is 5.76 Å². The number of furan rings is 1. The Hall–Kier alpha value is -2.15. The molecule has 0 unspecified atom stereocenters. The Morgan fingerprint density at radius 1 is 1.61 bits per heavy atom. The van der Waals surface area contributed by atoms with Crippen LogP contribution in [-0.4, -0.2) is 34.8 Å². The molecule has 18 heavy (non-hydrogen) atoms. The van der Waals surface area contributed by atoms with Gasteiger partial charge in [-0.3, -0.25) is 5.10 Å². The summed E-state index contributed by atoms with van der Waals surface area (Å²) in [6.07, 6.45) is 3.69. The fourth-order valence-electron chi connectivity index (χ4n) is 1.53. The van der Waals surface area contributed by atoms with Crippen molar-refractivity contribution in [1.29, 1.82) is 0 Å². The van der Waals surface area contributed by atoms with Gasteiger partial charge in [0.15, 0.2) is 0 Å². The average molecular weight is 250 g/mol. The number of hydrogen-bond acceptors (Lipinski definition) is 6. The molecule has 0 aliphatic rings. The molecule has 7 nitrogen and oxygen atoms in total. The van der Waals surface area contributed by atoms with E-state index in [2.05, 4.69) is 25.2 Å². The van der Waals surface area contributed by atoms with Gasteiger partial charge in [0.1, 0.15) is 12.2 Å². The number of ether oxygens (including phenoxy) is 1. The van der Waals surface area contributed by atoms with Crippen LogP contribution in [0.4, 0.5) is 0 Å². The lowest BCUT2D eigenvalue weighted by Crippen LogP contribution is -2.18. The number of rotatable bonds is 6. The Morgan fingerprint density at radius 2 is 2.50 bits per heavy atom. The number of esters is 1. The number of aromatic amines is 1. The molecule has 2 heterocycles. The summed E-state index contributed by atoms with van der Waals surface area (Å²) >= 11 is 0. The van der Waals surface area contributed by atoms with Crippen LogP contribution < -0.4 is 5.32 Å². The first-order valence-electron chi connectivity index (χ1n) is 5.51. The number of methoxy groups -OCH3 is 1.